The SMILES string of the molecule is O=C(O)CCC1NC(=O)N(CCc2c[nH]c3ccc(Cl)cc23)C1=O. The lowest BCUT2D eigenvalue weighted by molar-refractivity contribution is -0.137. The standard InChI is InChI=1S/C16H16ClN3O4/c17-10-1-2-12-11(7-10)9(8-18-12)5-6-20-15(23)13(19-16(20)24)3-4-14(21)22/h1-2,7-8,13,18H,3-6H2,(H,19,24)(H,21,22). The van der Waals surface area contributed by atoms with E-state index in [4.69, 9.17) is 16.7 Å². The first-order chi connectivity index (χ1) is 11.5. The fraction of sp³-hybridized carbons (Fsp3) is 0.312. The summed E-state index contributed by atoms with van der Waals surface area (Å²) in [5.74, 6) is -1.37. The van der Waals surface area contributed by atoms with Gasteiger partial charge in [0.25, 0.3) is 5.91 Å². The van der Waals surface area contributed by atoms with Crippen LogP contribution in [0.25, 0.3) is 10.9 Å². The molecule has 1 aromatic heterocycles. The molecule has 1 fully saturated rings. The summed E-state index contributed by atoms with van der Waals surface area (Å²) in [6, 6.07) is 4.26. The number of hydrogen-bond donors (Lipinski definition) is 3. The van der Waals surface area contributed by atoms with E-state index in [9.17, 15) is 14.4 Å². The number of H-pyrrole nitrogens is 1. The van der Waals surface area contributed by atoms with Crippen LogP contribution >= 0.6 is 11.6 Å². The molecule has 0 bridgehead atoms. The third kappa shape index (κ3) is 3.21. The van der Waals surface area contributed by atoms with Gasteiger partial charge in [-0.15, -0.1) is 0 Å². The summed E-state index contributed by atoms with van der Waals surface area (Å²) in [6.07, 6.45) is 2.26. The molecule has 126 valence electrons. The number of carbonyl (C=O) groups is 3. The number of imide groups is 1. The molecule has 1 aliphatic rings. The van der Waals surface area contributed by atoms with Gasteiger partial charge in [-0.05, 0) is 36.6 Å². The van der Waals surface area contributed by atoms with Crippen LogP contribution in [0.3, 0.4) is 0 Å². The number of rotatable bonds is 6. The molecule has 2 heterocycles. The van der Waals surface area contributed by atoms with Crippen LogP contribution in [0.5, 0.6) is 0 Å². The molecule has 3 rings (SSSR count). The van der Waals surface area contributed by atoms with Gasteiger partial charge in [0.15, 0.2) is 0 Å². The highest BCUT2D eigenvalue weighted by atomic mass is 35.5. The number of nitrogens with zero attached hydrogens (tertiary/aromatic N) is 1. The fourth-order valence-corrected chi connectivity index (χ4v) is 3.01. The van der Waals surface area contributed by atoms with Gasteiger partial charge in [-0.25, -0.2) is 4.79 Å². The summed E-state index contributed by atoms with van der Waals surface area (Å²) in [5.41, 5.74) is 1.90. The minimum Gasteiger partial charge on any atom is -0.481 e. The van der Waals surface area contributed by atoms with Gasteiger partial charge in [0.05, 0.1) is 0 Å². The first-order valence-corrected chi connectivity index (χ1v) is 7.92. The van der Waals surface area contributed by atoms with E-state index in [1.807, 2.05) is 18.3 Å². The van der Waals surface area contributed by atoms with E-state index in [1.54, 1.807) is 6.07 Å². The summed E-state index contributed by atoms with van der Waals surface area (Å²) in [7, 11) is 0. The molecule has 0 spiro atoms. The van der Waals surface area contributed by atoms with Crippen molar-refractivity contribution in [3.63, 3.8) is 0 Å². The monoisotopic (exact) mass is 349 g/mol. The molecule has 1 aliphatic heterocycles. The molecule has 1 aromatic carbocycles. The van der Waals surface area contributed by atoms with Gasteiger partial charge < -0.3 is 15.4 Å². The number of carboxylic acid groups (broad SMARTS) is 1. The second-order valence-corrected chi connectivity index (χ2v) is 6.11. The number of aromatic nitrogens is 1. The lowest BCUT2D eigenvalue weighted by Gasteiger charge is -2.12. The Balaban J connectivity index is 1.67. The summed E-state index contributed by atoms with van der Waals surface area (Å²) in [6.45, 7) is 0.230. The molecule has 8 heteroatoms. The van der Waals surface area contributed by atoms with E-state index in [1.165, 1.54) is 0 Å². The molecule has 0 saturated carbocycles. The van der Waals surface area contributed by atoms with Gasteiger partial charge in [0, 0.05) is 35.1 Å². The maximum absolute atomic E-state index is 12.2. The number of amides is 3. The zero-order valence-electron chi connectivity index (χ0n) is 12.7. The largest absolute Gasteiger partial charge is 0.481 e. The van der Waals surface area contributed by atoms with Gasteiger partial charge in [0.2, 0.25) is 0 Å². The number of carbonyl (C=O) groups excluding carboxylic acids is 2. The molecule has 7 nitrogen and oxygen atoms in total. The molecule has 1 saturated heterocycles. The predicted molar refractivity (Wildman–Crippen MR) is 87.9 cm³/mol. The van der Waals surface area contributed by atoms with Crippen LogP contribution in [0.4, 0.5) is 4.79 Å². The fourth-order valence-electron chi connectivity index (χ4n) is 2.84. The Labute approximate surface area is 142 Å². The summed E-state index contributed by atoms with van der Waals surface area (Å²) in [4.78, 5) is 39.0. The van der Waals surface area contributed by atoms with E-state index < -0.39 is 18.0 Å². The van der Waals surface area contributed by atoms with Gasteiger partial charge in [0.1, 0.15) is 6.04 Å². The molecule has 24 heavy (non-hydrogen) atoms. The zero-order valence-corrected chi connectivity index (χ0v) is 13.5. The predicted octanol–water partition coefficient (Wildman–Crippen LogP) is 2.15. The van der Waals surface area contributed by atoms with Crippen LogP contribution in [-0.2, 0) is 16.0 Å². The lowest BCUT2D eigenvalue weighted by atomic mass is 10.1. The third-order valence-electron chi connectivity index (χ3n) is 4.09. The van der Waals surface area contributed by atoms with Crippen molar-refractivity contribution in [3.05, 3.63) is 35.0 Å². The van der Waals surface area contributed by atoms with Crippen molar-refractivity contribution in [1.82, 2.24) is 15.2 Å². The minimum absolute atomic E-state index is 0.0963. The van der Waals surface area contributed by atoms with Crippen molar-refractivity contribution >= 4 is 40.4 Å². The van der Waals surface area contributed by atoms with Crippen LogP contribution in [0.2, 0.25) is 5.02 Å². The quantitative estimate of drug-likeness (QED) is 0.695. The highest BCUT2D eigenvalue weighted by molar-refractivity contribution is 6.31. The molecule has 2 aromatic rings. The average molecular weight is 350 g/mol. The molecule has 3 N–H and O–H groups in total. The summed E-state index contributed by atoms with van der Waals surface area (Å²) < 4.78 is 0. The summed E-state index contributed by atoms with van der Waals surface area (Å²) in [5, 5.41) is 12.8. The van der Waals surface area contributed by atoms with Crippen LogP contribution in [0.15, 0.2) is 24.4 Å². The van der Waals surface area contributed by atoms with Crippen molar-refractivity contribution in [1.29, 1.82) is 0 Å². The van der Waals surface area contributed by atoms with Crippen molar-refractivity contribution in [2.24, 2.45) is 0 Å². The molecule has 3 amide bonds. The van der Waals surface area contributed by atoms with E-state index >= 15 is 0 Å². The van der Waals surface area contributed by atoms with Crippen LogP contribution in [0, 0.1) is 0 Å². The van der Waals surface area contributed by atoms with Gasteiger partial charge in [-0.1, -0.05) is 11.6 Å². The second-order valence-electron chi connectivity index (χ2n) is 5.68. The molecular formula is C16H16ClN3O4. The zero-order chi connectivity index (χ0) is 17.3. The van der Waals surface area contributed by atoms with Crippen LogP contribution in [0.1, 0.15) is 18.4 Å². The topological polar surface area (TPSA) is 102 Å². The molecule has 0 radical (unpaired) electrons. The number of aromatic amines is 1. The van der Waals surface area contributed by atoms with Crippen molar-refractivity contribution in [2.75, 3.05) is 6.54 Å². The number of halogens is 1. The molecule has 1 unspecified atom stereocenters. The second kappa shape index (κ2) is 6.52. The Morgan fingerprint density at radius 2 is 2.12 bits per heavy atom. The van der Waals surface area contributed by atoms with Crippen LogP contribution in [-0.4, -0.2) is 45.5 Å². The Hall–Kier alpha value is -2.54. The Bertz CT molecular complexity index is 817. The van der Waals surface area contributed by atoms with E-state index in [-0.39, 0.29) is 25.3 Å². The Morgan fingerprint density at radius 3 is 2.88 bits per heavy atom. The number of benzene rings is 1. The number of nitrogens with one attached hydrogen (secondary N) is 2. The van der Waals surface area contributed by atoms with E-state index in [2.05, 4.69) is 10.3 Å². The third-order valence-corrected chi connectivity index (χ3v) is 4.32. The van der Waals surface area contributed by atoms with E-state index in [0.29, 0.717) is 11.4 Å². The number of fused-ring (bicyclic) bond motifs is 1. The van der Waals surface area contributed by atoms with E-state index in [0.717, 1.165) is 21.4 Å². The minimum atomic E-state index is -0.994. The Morgan fingerprint density at radius 1 is 1.33 bits per heavy atom. The number of carboxylic acids is 1. The average Bonchev–Trinajstić information content (AvgIpc) is 3.04. The van der Waals surface area contributed by atoms with Crippen molar-refractivity contribution in [2.45, 2.75) is 25.3 Å². The number of aliphatic carboxylic acids is 1. The highest BCUT2D eigenvalue weighted by Crippen LogP contribution is 2.23. The highest BCUT2D eigenvalue weighted by Gasteiger charge is 2.37. The van der Waals surface area contributed by atoms with Gasteiger partial charge >= 0.3 is 12.0 Å². The normalized spacial score (nSPS) is 17.5. The smallest absolute Gasteiger partial charge is 0.324 e. The molecule has 0 aliphatic carbocycles. The van der Waals surface area contributed by atoms with Crippen molar-refractivity contribution < 1.29 is 19.5 Å². The number of urea groups is 1. The van der Waals surface area contributed by atoms with Gasteiger partial charge in [-0.2, -0.15) is 0 Å². The maximum Gasteiger partial charge on any atom is 0.324 e. The van der Waals surface area contributed by atoms with Crippen LogP contribution < -0.4 is 5.32 Å². The van der Waals surface area contributed by atoms with Crippen molar-refractivity contribution in [3.8, 4) is 0 Å². The first-order valence-electron chi connectivity index (χ1n) is 7.55. The first kappa shape index (κ1) is 16.3. The number of hydrogen-bond acceptors (Lipinski definition) is 3. The van der Waals surface area contributed by atoms with Gasteiger partial charge in [-0.3, -0.25) is 14.5 Å². The Kier molecular flexibility index (Phi) is 4.44. The molecule has 1 atom stereocenters. The summed E-state index contributed by atoms with van der Waals surface area (Å²) >= 11 is 6.01. The lowest BCUT2D eigenvalue weighted by Crippen LogP contribution is -2.33. The molecular weight excluding hydrogens is 334 g/mol. The maximum atomic E-state index is 12.2.